The molecule has 4 rings (SSSR count). The van der Waals surface area contributed by atoms with Gasteiger partial charge in [-0.05, 0) is 49.1 Å². The van der Waals surface area contributed by atoms with Crippen LogP contribution in [0.3, 0.4) is 0 Å². The Morgan fingerprint density at radius 2 is 1.76 bits per heavy atom. The van der Waals surface area contributed by atoms with Gasteiger partial charge in [-0.25, -0.2) is 8.78 Å². The molecule has 0 radical (unpaired) electrons. The van der Waals surface area contributed by atoms with Crippen LogP contribution in [0.4, 0.5) is 8.78 Å². The van der Waals surface area contributed by atoms with Crippen molar-refractivity contribution in [2.75, 3.05) is 6.54 Å². The van der Waals surface area contributed by atoms with E-state index in [0.717, 1.165) is 30.5 Å². The van der Waals surface area contributed by atoms with Crippen molar-refractivity contribution < 1.29 is 13.6 Å². The highest BCUT2D eigenvalue weighted by Crippen LogP contribution is 2.35. The lowest BCUT2D eigenvalue weighted by molar-refractivity contribution is -0.129. The van der Waals surface area contributed by atoms with Crippen LogP contribution in [-0.4, -0.2) is 22.9 Å². The van der Waals surface area contributed by atoms with Gasteiger partial charge in [-0.2, -0.15) is 0 Å². The summed E-state index contributed by atoms with van der Waals surface area (Å²) in [4.78, 5) is 13.5. The van der Waals surface area contributed by atoms with Crippen molar-refractivity contribution in [3.63, 3.8) is 0 Å². The highest BCUT2D eigenvalue weighted by Gasteiger charge is 2.29. The van der Waals surface area contributed by atoms with E-state index in [4.69, 9.17) is 5.73 Å². The van der Waals surface area contributed by atoms with Gasteiger partial charge in [0.05, 0.1) is 6.04 Å². The highest BCUT2D eigenvalue weighted by molar-refractivity contribution is 5.81. The molecule has 1 unspecified atom stereocenters. The van der Waals surface area contributed by atoms with Crippen LogP contribution in [0.15, 0.2) is 66.8 Å². The van der Waals surface area contributed by atoms with Crippen molar-refractivity contribution in [3.8, 4) is 0 Å². The summed E-state index contributed by atoms with van der Waals surface area (Å²) in [5.74, 6) is -1.07. The monoisotopic (exact) mass is 396 g/mol. The molecule has 5 heteroatoms. The van der Waals surface area contributed by atoms with Gasteiger partial charge in [-0.3, -0.25) is 4.79 Å². The van der Waals surface area contributed by atoms with Gasteiger partial charge in [-0.15, -0.1) is 0 Å². The lowest BCUT2D eigenvalue weighted by atomic mass is 10.0. The molecule has 0 spiro atoms. The molecule has 1 aliphatic heterocycles. The Labute approximate surface area is 170 Å². The smallest absolute Gasteiger partial charge is 0.220 e. The molecule has 152 valence electrons. The molecular weight excluding hydrogens is 370 g/mol. The van der Waals surface area contributed by atoms with Crippen molar-refractivity contribution in [3.05, 3.63) is 89.5 Å². The third kappa shape index (κ3) is 5.18. The maximum absolute atomic E-state index is 14.0. The van der Waals surface area contributed by atoms with Crippen molar-refractivity contribution in [2.24, 2.45) is 5.73 Å². The largest absolute Gasteiger partial charge is 0.328 e. The number of carbonyl (C=O) groups is 1. The van der Waals surface area contributed by atoms with Crippen LogP contribution in [0.5, 0.6) is 0 Å². The highest BCUT2D eigenvalue weighted by atomic mass is 19.1. The minimum Gasteiger partial charge on any atom is -0.328 e. The number of benzene rings is 2. The van der Waals surface area contributed by atoms with Gasteiger partial charge in [0.15, 0.2) is 0 Å². The molecular formula is C24H26F2N2O. The second-order valence-electron chi connectivity index (χ2n) is 7.85. The summed E-state index contributed by atoms with van der Waals surface area (Å²) in [6.07, 6.45) is 8.20. The summed E-state index contributed by atoms with van der Waals surface area (Å²) >= 11 is 0. The molecule has 0 saturated carbocycles. The number of nitrogens with zero attached hydrogens (tertiary/aromatic N) is 1. The summed E-state index contributed by atoms with van der Waals surface area (Å²) in [6.45, 7) is 3.83. The summed E-state index contributed by atoms with van der Waals surface area (Å²) in [7, 11) is 0. The second-order valence-corrected chi connectivity index (χ2v) is 7.85. The fourth-order valence-electron chi connectivity index (χ4n) is 3.56. The lowest BCUT2D eigenvalue weighted by Crippen LogP contribution is -2.31. The van der Waals surface area contributed by atoms with E-state index in [2.05, 4.69) is 19.1 Å². The fourth-order valence-corrected chi connectivity index (χ4v) is 3.56. The zero-order valence-corrected chi connectivity index (χ0v) is 16.7. The van der Waals surface area contributed by atoms with Crippen LogP contribution in [0.2, 0.25) is 0 Å². The summed E-state index contributed by atoms with van der Waals surface area (Å²) in [6, 6.07) is 12.6. The van der Waals surface area contributed by atoms with E-state index in [9.17, 15) is 13.6 Å². The first-order valence-corrected chi connectivity index (χ1v) is 9.69. The Morgan fingerprint density at radius 3 is 2.31 bits per heavy atom. The van der Waals surface area contributed by atoms with Crippen LogP contribution in [-0.2, 0) is 4.79 Å². The standard InChI is InChI=1S/C18H15F2NO.C6H11N/c1-12(22)21-11-14(16-10-15(19)7-8-17(16)20)9-18(21)13-5-3-2-4-6-13;1-6(7)4-2-3-5-6/h2-10,18H,11H2,1H3;2-3H,4-5,7H2,1H3. The minimum atomic E-state index is -0.491. The summed E-state index contributed by atoms with van der Waals surface area (Å²) in [5.41, 5.74) is 7.59. The topological polar surface area (TPSA) is 46.3 Å². The Kier molecular flexibility index (Phi) is 6.28. The lowest BCUT2D eigenvalue weighted by Gasteiger charge is -2.23. The second kappa shape index (κ2) is 8.70. The molecule has 1 amide bonds. The molecule has 2 aliphatic rings. The quantitative estimate of drug-likeness (QED) is 0.726. The van der Waals surface area contributed by atoms with Gasteiger partial charge < -0.3 is 10.6 Å². The van der Waals surface area contributed by atoms with Crippen molar-refractivity contribution in [2.45, 2.75) is 38.3 Å². The molecule has 1 heterocycles. The third-order valence-electron chi connectivity index (χ3n) is 5.19. The van der Waals surface area contributed by atoms with Gasteiger partial charge in [0.25, 0.3) is 0 Å². The summed E-state index contributed by atoms with van der Waals surface area (Å²) < 4.78 is 27.4. The van der Waals surface area contributed by atoms with Gasteiger partial charge in [0.2, 0.25) is 5.91 Å². The first-order chi connectivity index (χ1) is 13.8. The SMILES string of the molecule is CC(=O)N1CC(c2cc(F)ccc2F)=CC1c1ccccc1.CC1(N)CC=CC1. The van der Waals surface area contributed by atoms with Crippen LogP contribution >= 0.6 is 0 Å². The van der Waals surface area contributed by atoms with Crippen molar-refractivity contribution >= 4 is 11.5 Å². The first kappa shape index (κ1) is 20.9. The average molecular weight is 396 g/mol. The number of halogens is 2. The van der Waals surface area contributed by atoms with Crippen molar-refractivity contribution in [1.82, 2.24) is 4.90 Å². The zero-order valence-electron chi connectivity index (χ0n) is 16.7. The first-order valence-electron chi connectivity index (χ1n) is 9.69. The van der Waals surface area contributed by atoms with Crippen LogP contribution in [0.1, 0.15) is 43.9 Å². The van der Waals surface area contributed by atoms with Gasteiger partial charge >= 0.3 is 0 Å². The van der Waals surface area contributed by atoms with Crippen LogP contribution in [0.25, 0.3) is 5.57 Å². The van der Waals surface area contributed by atoms with E-state index in [1.807, 2.05) is 36.4 Å². The molecule has 0 aromatic heterocycles. The van der Waals surface area contributed by atoms with Gasteiger partial charge in [-0.1, -0.05) is 48.6 Å². The van der Waals surface area contributed by atoms with E-state index in [-0.39, 0.29) is 29.6 Å². The molecule has 0 fully saturated rings. The number of hydrogen-bond donors (Lipinski definition) is 1. The molecule has 2 aromatic carbocycles. The average Bonchev–Trinajstić information content (AvgIpc) is 3.31. The predicted molar refractivity (Wildman–Crippen MR) is 112 cm³/mol. The number of nitrogens with two attached hydrogens (primary N) is 1. The predicted octanol–water partition coefficient (Wildman–Crippen LogP) is 5.01. The number of rotatable bonds is 2. The minimum absolute atomic E-state index is 0.0833. The Hall–Kier alpha value is -2.79. The molecule has 1 atom stereocenters. The number of hydrogen-bond acceptors (Lipinski definition) is 2. The molecule has 2 aromatic rings. The molecule has 3 nitrogen and oxygen atoms in total. The van der Waals surface area contributed by atoms with E-state index in [0.29, 0.717) is 5.57 Å². The molecule has 1 aliphatic carbocycles. The van der Waals surface area contributed by atoms with Gasteiger partial charge in [0.1, 0.15) is 11.6 Å². The van der Waals surface area contributed by atoms with Crippen LogP contribution < -0.4 is 5.73 Å². The van der Waals surface area contributed by atoms with E-state index >= 15 is 0 Å². The molecule has 0 bridgehead atoms. The van der Waals surface area contributed by atoms with E-state index < -0.39 is 11.6 Å². The Balaban J connectivity index is 0.000000290. The summed E-state index contributed by atoms with van der Waals surface area (Å²) in [5, 5.41) is 0. The third-order valence-corrected chi connectivity index (χ3v) is 5.19. The number of carbonyl (C=O) groups excluding carboxylic acids is 1. The molecule has 0 saturated heterocycles. The normalized spacial score (nSPS) is 19.6. The molecule has 2 N–H and O–H groups in total. The van der Waals surface area contributed by atoms with E-state index in [1.165, 1.54) is 13.0 Å². The van der Waals surface area contributed by atoms with Crippen molar-refractivity contribution in [1.29, 1.82) is 0 Å². The molecule has 29 heavy (non-hydrogen) atoms. The Bertz CT molecular complexity index is 925. The number of amides is 1. The zero-order chi connectivity index (χ0) is 21.0. The maximum Gasteiger partial charge on any atom is 0.220 e. The van der Waals surface area contributed by atoms with Gasteiger partial charge in [0, 0.05) is 24.6 Å². The van der Waals surface area contributed by atoms with E-state index in [1.54, 1.807) is 4.90 Å². The fraction of sp³-hybridized carbons (Fsp3) is 0.292. The Morgan fingerprint density at radius 1 is 1.10 bits per heavy atom. The van der Waals surface area contributed by atoms with Crippen LogP contribution in [0, 0.1) is 11.6 Å². The maximum atomic E-state index is 14.0.